The fraction of sp³-hybridized carbons (Fsp3) is 1.00. The van der Waals surface area contributed by atoms with Crippen LogP contribution in [0.3, 0.4) is 0 Å². The molecule has 0 spiro atoms. The van der Waals surface area contributed by atoms with Gasteiger partial charge in [0, 0.05) is 5.75 Å². The standard InChI is InChI=1S/C7H14O4S2/c1-13-7-6(10)5(9)4(8)3(2-12)11-7/h3-10,12H,2H2,1H3/t3-,4-,5+,6+,7-/m1/s1. The highest BCUT2D eigenvalue weighted by Crippen LogP contribution is 2.27. The van der Waals surface area contributed by atoms with Crippen LogP contribution in [0.1, 0.15) is 0 Å². The molecule has 0 aromatic rings. The Morgan fingerprint density at radius 2 is 1.85 bits per heavy atom. The van der Waals surface area contributed by atoms with Gasteiger partial charge in [0.2, 0.25) is 0 Å². The first-order valence-electron chi connectivity index (χ1n) is 3.95. The maximum absolute atomic E-state index is 9.44. The van der Waals surface area contributed by atoms with Crippen molar-refractivity contribution in [3.05, 3.63) is 0 Å². The van der Waals surface area contributed by atoms with Crippen molar-refractivity contribution in [3.63, 3.8) is 0 Å². The highest BCUT2D eigenvalue weighted by atomic mass is 32.2. The van der Waals surface area contributed by atoms with Crippen LogP contribution in [0.25, 0.3) is 0 Å². The molecule has 1 saturated heterocycles. The molecule has 0 radical (unpaired) electrons. The van der Waals surface area contributed by atoms with Gasteiger partial charge in [-0.1, -0.05) is 0 Å². The first kappa shape index (κ1) is 11.6. The van der Waals surface area contributed by atoms with Crippen LogP contribution in [0.2, 0.25) is 0 Å². The van der Waals surface area contributed by atoms with Crippen LogP contribution in [0.15, 0.2) is 0 Å². The maximum atomic E-state index is 9.44. The van der Waals surface area contributed by atoms with Gasteiger partial charge in [-0.25, -0.2) is 0 Å². The largest absolute Gasteiger partial charge is 0.388 e. The lowest BCUT2D eigenvalue weighted by molar-refractivity contribution is -0.190. The van der Waals surface area contributed by atoms with Gasteiger partial charge in [0.15, 0.2) is 0 Å². The molecule has 4 nitrogen and oxygen atoms in total. The summed E-state index contributed by atoms with van der Waals surface area (Å²) in [6, 6.07) is 0. The van der Waals surface area contributed by atoms with Crippen molar-refractivity contribution in [2.45, 2.75) is 29.9 Å². The predicted octanol–water partition coefficient (Wildman–Crippen LogP) is -0.913. The summed E-state index contributed by atoms with van der Waals surface area (Å²) in [7, 11) is 0. The number of hydrogen-bond acceptors (Lipinski definition) is 6. The molecule has 1 aliphatic rings. The summed E-state index contributed by atoms with van der Waals surface area (Å²) in [5.74, 6) is 0.321. The highest BCUT2D eigenvalue weighted by molar-refractivity contribution is 7.99. The number of ether oxygens (including phenoxy) is 1. The average Bonchev–Trinajstić information content (AvgIpc) is 2.15. The van der Waals surface area contributed by atoms with Gasteiger partial charge < -0.3 is 20.1 Å². The molecule has 0 saturated carbocycles. The summed E-state index contributed by atoms with van der Waals surface area (Å²) in [6.07, 6.45) is -1.99. The van der Waals surface area contributed by atoms with Crippen LogP contribution in [0.5, 0.6) is 0 Å². The van der Waals surface area contributed by atoms with E-state index in [-0.39, 0.29) is 0 Å². The number of hydrogen-bond donors (Lipinski definition) is 4. The Balaban J connectivity index is 2.66. The van der Waals surface area contributed by atoms with E-state index in [1.165, 1.54) is 11.8 Å². The zero-order chi connectivity index (χ0) is 10.0. The summed E-state index contributed by atoms with van der Waals surface area (Å²) < 4.78 is 5.31. The zero-order valence-corrected chi connectivity index (χ0v) is 8.91. The molecule has 6 heteroatoms. The van der Waals surface area contributed by atoms with E-state index in [1.807, 2.05) is 0 Å². The Labute approximate surface area is 86.7 Å². The lowest BCUT2D eigenvalue weighted by Crippen LogP contribution is -2.56. The van der Waals surface area contributed by atoms with Crippen molar-refractivity contribution < 1.29 is 20.1 Å². The van der Waals surface area contributed by atoms with E-state index in [0.29, 0.717) is 5.75 Å². The predicted molar refractivity (Wildman–Crippen MR) is 54.0 cm³/mol. The van der Waals surface area contributed by atoms with Gasteiger partial charge in [0.05, 0.1) is 6.10 Å². The smallest absolute Gasteiger partial charge is 0.132 e. The van der Waals surface area contributed by atoms with E-state index >= 15 is 0 Å². The lowest BCUT2D eigenvalue weighted by Gasteiger charge is -2.39. The molecule has 0 aromatic carbocycles. The number of thioether (sulfide) groups is 1. The summed E-state index contributed by atoms with van der Waals surface area (Å²) in [5, 5.41) is 28.3. The minimum Gasteiger partial charge on any atom is -0.388 e. The second kappa shape index (κ2) is 4.86. The minimum atomic E-state index is -1.15. The van der Waals surface area contributed by atoms with Crippen molar-refractivity contribution in [2.24, 2.45) is 0 Å². The number of aliphatic hydroxyl groups excluding tert-OH is 3. The molecular formula is C7H14O4S2. The van der Waals surface area contributed by atoms with Gasteiger partial charge in [-0.2, -0.15) is 12.6 Å². The van der Waals surface area contributed by atoms with Crippen molar-refractivity contribution in [2.75, 3.05) is 12.0 Å². The Morgan fingerprint density at radius 1 is 1.23 bits per heavy atom. The monoisotopic (exact) mass is 226 g/mol. The van der Waals surface area contributed by atoms with Crippen LogP contribution in [-0.2, 0) is 4.74 Å². The molecule has 13 heavy (non-hydrogen) atoms. The van der Waals surface area contributed by atoms with Gasteiger partial charge in [0.1, 0.15) is 23.7 Å². The summed E-state index contributed by atoms with van der Waals surface area (Å²) in [6.45, 7) is 0. The molecule has 78 valence electrons. The average molecular weight is 226 g/mol. The van der Waals surface area contributed by atoms with E-state index < -0.39 is 29.9 Å². The van der Waals surface area contributed by atoms with E-state index in [4.69, 9.17) is 4.74 Å². The fourth-order valence-corrected chi connectivity index (χ4v) is 2.26. The van der Waals surface area contributed by atoms with E-state index in [9.17, 15) is 15.3 Å². The quantitative estimate of drug-likeness (QED) is 0.459. The van der Waals surface area contributed by atoms with Crippen LogP contribution < -0.4 is 0 Å². The molecular weight excluding hydrogens is 212 g/mol. The molecule has 5 atom stereocenters. The maximum Gasteiger partial charge on any atom is 0.132 e. The van der Waals surface area contributed by atoms with Crippen LogP contribution in [0.4, 0.5) is 0 Å². The number of aliphatic hydroxyl groups is 3. The minimum absolute atomic E-state index is 0.321. The summed E-state index contributed by atoms with van der Waals surface area (Å²) in [4.78, 5) is 0. The summed E-state index contributed by atoms with van der Waals surface area (Å²) >= 11 is 5.29. The Hall–Kier alpha value is 0.540. The van der Waals surface area contributed by atoms with Crippen LogP contribution >= 0.6 is 24.4 Å². The summed E-state index contributed by atoms with van der Waals surface area (Å²) in [5.41, 5.74) is -0.490. The second-order valence-corrected chi connectivity index (χ2v) is 4.23. The lowest BCUT2D eigenvalue weighted by atomic mass is 10.0. The number of thiol groups is 1. The van der Waals surface area contributed by atoms with Crippen molar-refractivity contribution >= 4 is 24.4 Å². The van der Waals surface area contributed by atoms with Crippen LogP contribution in [0, 0.1) is 0 Å². The molecule has 1 rings (SSSR count). The van der Waals surface area contributed by atoms with E-state index in [1.54, 1.807) is 6.26 Å². The Kier molecular flexibility index (Phi) is 4.34. The fourth-order valence-electron chi connectivity index (χ4n) is 1.26. The van der Waals surface area contributed by atoms with Crippen LogP contribution in [-0.4, -0.2) is 57.2 Å². The molecule has 0 aliphatic carbocycles. The molecule has 1 aliphatic heterocycles. The van der Waals surface area contributed by atoms with Crippen molar-refractivity contribution in [3.8, 4) is 0 Å². The first-order chi connectivity index (χ1) is 6.11. The van der Waals surface area contributed by atoms with Gasteiger partial charge in [-0.15, -0.1) is 11.8 Å². The Morgan fingerprint density at radius 3 is 2.31 bits per heavy atom. The first-order valence-corrected chi connectivity index (χ1v) is 5.87. The zero-order valence-electron chi connectivity index (χ0n) is 7.20. The van der Waals surface area contributed by atoms with E-state index in [0.717, 1.165) is 0 Å². The normalized spacial score (nSPS) is 46.4. The molecule has 1 fully saturated rings. The molecule has 0 aromatic heterocycles. The third kappa shape index (κ3) is 2.31. The SMILES string of the molecule is CS[C@H]1O[C@H](CS)[C@@H](O)[C@H](O)[C@@H]1O. The third-order valence-electron chi connectivity index (χ3n) is 2.08. The molecule has 0 bridgehead atoms. The van der Waals surface area contributed by atoms with E-state index in [2.05, 4.69) is 12.6 Å². The van der Waals surface area contributed by atoms with Gasteiger partial charge >= 0.3 is 0 Å². The number of rotatable bonds is 2. The second-order valence-electron chi connectivity index (χ2n) is 2.93. The molecule has 0 amide bonds. The molecule has 1 heterocycles. The highest BCUT2D eigenvalue weighted by Gasteiger charge is 2.42. The molecule has 3 N–H and O–H groups in total. The Bertz CT molecular complexity index is 149. The van der Waals surface area contributed by atoms with Gasteiger partial charge in [-0.05, 0) is 6.26 Å². The van der Waals surface area contributed by atoms with Gasteiger partial charge in [-0.3, -0.25) is 0 Å². The van der Waals surface area contributed by atoms with Gasteiger partial charge in [0.25, 0.3) is 0 Å². The third-order valence-corrected chi connectivity index (χ3v) is 3.30. The molecule has 0 unspecified atom stereocenters. The van der Waals surface area contributed by atoms with Crippen molar-refractivity contribution in [1.29, 1.82) is 0 Å². The topological polar surface area (TPSA) is 69.9 Å². The van der Waals surface area contributed by atoms with Crippen molar-refractivity contribution in [1.82, 2.24) is 0 Å².